The normalized spacial score (nSPS) is 22.2. The average Bonchev–Trinajstić information content (AvgIpc) is 2.45. The van der Waals surface area contributed by atoms with E-state index in [-0.39, 0.29) is 0 Å². The fourth-order valence-electron chi connectivity index (χ4n) is 1.97. The Balaban J connectivity index is 2.37. The van der Waals surface area contributed by atoms with E-state index in [1.54, 1.807) is 0 Å². The standard InChI is InChI=1S/C9H14N2/c1-11-5-8-3-2-7(4-10)9(8)6-11/h5-7H,2-4,10H2,1H3. The number of fused-ring (bicyclic) bond motifs is 1. The lowest BCUT2D eigenvalue weighted by atomic mass is 10.1. The summed E-state index contributed by atoms with van der Waals surface area (Å²) in [6, 6.07) is 0. The summed E-state index contributed by atoms with van der Waals surface area (Å²) >= 11 is 0. The van der Waals surface area contributed by atoms with Crippen LogP contribution in [0.2, 0.25) is 0 Å². The molecule has 1 aromatic rings. The van der Waals surface area contributed by atoms with Gasteiger partial charge >= 0.3 is 0 Å². The van der Waals surface area contributed by atoms with Crippen molar-refractivity contribution in [2.45, 2.75) is 18.8 Å². The molecule has 2 N–H and O–H groups in total. The van der Waals surface area contributed by atoms with Crippen LogP contribution in [0.5, 0.6) is 0 Å². The summed E-state index contributed by atoms with van der Waals surface area (Å²) in [6.07, 6.45) is 6.89. The lowest BCUT2D eigenvalue weighted by molar-refractivity contribution is 0.679. The highest BCUT2D eigenvalue weighted by atomic mass is 14.9. The number of aryl methyl sites for hydroxylation is 2. The van der Waals surface area contributed by atoms with Crippen molar-refractivity contribution in [2.24, 2.45) is 12.8 Å². The van der Waals surface area contributed by atoms with Crippen molar-refractivity contribution in [3.63, 3.8) is 0 Å². The molecule has 1 atom stereocenters. The van der Waals surface area contributed by atoms with Gasteiger partial charge in [0.05, 0.1) is 0 Å². The third kappa shape index (κ3) is 0.979. The molecule has 1 unspecified atom stereocenters. The van der Waals surface area contributed by atoms with Gasteiger partial charge in [-0.15, -0.1) is 0 Å². The molecule has 0 radical (unpaired) electrons. The predicted octanol–water partition coefficient (Wildman–Crippen LogP) is 1.01. The third-order valence-corrected chi connectivity index (χ3v) is 2.56. The van der Waals surface area contributed by atoms with Gasteiger partial charge in [-0.3, -0.25) is 0 Å². The van der Waals surface area contributed by atoms with Gasteiger partial charge < -0.3 is 10.3 Å². The first-order valence-corrected chi connectivity index (χ1v) is 4.16. The van der Waals surface area contributed by atoms with E-state index in [0.29, 0.717) is 5.92 Å². The van der Waals surface area contributed by atoms with Crippen molar-refractivity contribution in [1.82, 2.24) is 4.57 Å². The lowest BCUT2D eigenvalue weighted by Gasteiger charge is -2.04. The molecule has 0 saturated heterocycles. The highest BCUT2D eigenvalue weighted by Gasteiger charge is 2.22. The summed E-state index contributed by atoms with van der Waals surface area (Å²) in [5, 5.41) is 0. The van der Waals surface area contributed by atoms with E-state index in [1.807, 2.05) is 0 Å². The summed E-state index contributed by atoms with van der Waals surface area (Å²) in [7, 11) is 2.08. The van der Waals surface area contributed by atoms with Gasteiger partial charge in [-0.25, -0.2) is 0 Å². The first kappa shape index (κ1) is 6.92. The molecule has 60 valence electrons. The largest absolute Gasteiger partial charge is 0.357 e. The Morgan fingerprint density at radius 2 is 2.45 bits per heavy atom. The number of nitrogens with zero attached hydrogens (tertiary/aromatic N) is 1. The minimum atomic E-state index is 0.631. The Morgan fingerprint density at radius 1 is 1.64 bits per heavy atom. The summed E-state index contributed by atoms with van der Waals surface area (Å²) in [6.45, 7) is 0.803. The minimum absolute atomic E-state index is 0.631. The molecular formula is C9H14N2. The van der Waals surface area contributed by atoms with Crippen LogP contribution in [0.4, 0.5) is 0 Å². The molecule has 2 heteroatoms. The topological polar surface area (TPSA) is 30.9 Å². The third-order valence-electron chi connectivity index (χ3n) is 2.56. The second-order valence-corrected chi connectivity index (χ2v) is 3.38. The van der Waals surface area contributed by atoms with Crippen LogP contribution in [0.15, 0.2) is 12.4 Å². The van der Waals surface area contributed by atoms with Crippen LogP contribution in [0.3, 0.4) is 0 Å². The summed E-state index contributed by atoms with van der Waals surface area (Å²) in [5.41, 5.74) is 8.63. The number of hydrogen-bond acceptors (Lipinski definition) is 1. The Hall–Kier alpha value is -0.760. The van der Waals surface area contributed by atoms with Crippen LogP contribution in [0.1, 0.15) is 23.5 Å². The molecule has 11 heavy (non-hydrogen) atoms. The van der Waals surface area contributed by atoms with Gasteiger partial charge in [0.1, 0.15) is 0 Å². The zero-order valence-electron chi connectivity index (χ0n) is 6.88. The van der Waals surface area contributed by atoms with Gasteiger partial charge in [-0.2, -0.15) is 0 Å². The predicted molar refractivity (Wildman–Crippen MR) is 45.5 cm³/mol. The fraction of sp³-hybridized carbons (Fsp3) is 0.556. The van der Waals surface area contributed by atoms with Gasteiger partial charge in [-0.05, 0) is 36.4 Å². The van der Waals surface area contributed by atoms with Crippen LogP contribution < -0.4 is 5.73 Å². The minimum Gasteiger partial charge on any atom is -0.357 e. The van der Waals surface area contributed by atoms with Gasteiger partial charge in [0.15, 0.2) is 0 Å². The van der Waals surface area contributed by atoms with Gasteiger partial charge in [0.2, 0.25) is 0 Å². The maximum Gasteiger partial charge on any atom is 0.0106 e. The molecule has 1 aliphatic rings. The van der Waals surface area contributed by atoms with E-state index in [9.17, 15) is 0 Å². The lowest BCUT2D eigenvalue weighted by Crippen LogP contribution is -2.08. The molecule has 0 amide bonds. The molecule has 1 aliphatic carbocycles. The number of rotatable bonds is 1. The second-order valence-electron chi connectivity index (χ2n) is 3.38. The van der Waals surface area contributed by atoms with Crippen molar-refractivity contribution in [2.75, 3.05) is 6.54 Å². The zero-order valence-corrected chi connectivity index (χ0v) is 6.88. The van der Waals surface area contributed by atoms with Crippen molar-refractivity contribution in [1.29, 1.82) is 0 Å². The van der Waals surface area contributed by atoms with E-state index in [4.69, 9.17) is 5.73 Å². The summed E-state index contributed by atoms with van der Waals surface area (Å²) in [4.78, 5) is 0. The SMILES string of the molecule is Cn1cc2c(c1)C(CN)CC2. The molecule has 1 aromatic heterocycles. The summed E-state index contributed by atoms with van der Waals surface area (Å²) < 4.78 is 2.13. The number of aromatic nitrogens is 1. The summed E-state index contributed by atoms with van der Waals surface area (Å²) in [5.74, 6) is 0.631. The first-order chi connectivity index (χ1) is 5.31. The molecule has 0 fully saturated rings. The van der Waals surface area contributed by atoms with Crippen LogP contribution >= 0.6 is 0 Å². The Bertz CT molecular complexity index is 263. The number of nitrogens with two attached hydrogens (primary N) is 1. The molecule has 1 heterocycles. The van der Waals surface area contributed by atoms with Crippen LogP contribution in [-0.4, -0.2) is 11.1 Å². The molecule has 2 rings (SSSR count). The Kier molecular flexibility index (Phi) is 1.50. The van der Waals surface area contributed by atoms with E-state index in [2.05, 4.69) is 24.0 Å². The zero-order chi connectivity index (χ0) is 7.84. The van der Waals surface area contributed by atoms with Gasteiger partial charge in [0.25, 0.3) is 0 Å². The molecule has 2 nitrogen and oxygen atoms in total. The molecule has 0 aromatic carbocycles. The highest BCUT2D eigenvalue weighted by molar-refractivity contribution is 5.33. The smallest absolute Gasteiger partial charge is 0.0106 e. The van der Waals surface area contributed by atoms with Crippen molar-refractivity contribution in [3.8, 4) is 0 Å². The van der Waals surface area contributed by atoms with Crippen molar-refractivity contribution < 1.29 is 0 Å². The second kappa shape index (κ2) is 2.38. The molecule has 0 bridgehead atoms. The van der Waals surface area contributed by atoms with E-state index in [0.717, 1.165) is 6.54 Å². The van der Waals surface area contributed by atoms with Crippen molar-refractivity contribution in [3.05, 3.63) is 23.5 Å². The molecule has 0 aliphatic heterocycles. The van der Waals surface area contributed by atoms with Gasteiger partial charge in [0, 0.05) is 19.4 Å². The van der Waals surface area contributed by atoms with E-state index in [1.165, 1.54) is 24.0 Å². The van der Waals surface area contributed by atoms with E-state index < -0.39 is 0 Å². The fourth-order valence-corrected chi connectivity index (χ4v) is 1.97. The van der Waals surface area contributed by atoms with Gasteiger partial charge in [-0.1, -0.05) is 0 Å². The Labute approximate surface area is 67.0 Å². The number of hydrogen-bond donors (Lipinski definition) is 1. The molecular weight excluding hydrogens is 136 g/mol. The molecule has 0 saturated carbocycles. The van der Waals surface area contributed by atoms with Crippen molar-refractivity contribution >= 4 is 0 Å². The maximum absolute atomic E-state index is 5.65. The first-order valence-electron chi connectivity index (χ1n) is 4.16. The average molecular weight is 150 g/mol. The van der Waals surface area contributed by atoms with Crippen LogP contribution in [-0.2, 0) is 13.5 Å². The maximum atomic E-state index is 5.65. The quantitative estimate of drug-likeness (QED) is 0.636. The van der Waals surface area contributed by atoms with Crippen LogP contribution in [0, 0.1) is 0 Å². The van der Waals surface area contributed by atoms with E-state index >= 15 is 0 Å². The monoisotopic (exact) mass is 150 g/mol. The highest BCUT2D eigenvalue weighted by Crippen LogP contribution is 2.32. The molecule has 0 spiro atoms. The van der Waals surface area contributed by atoms with Crippen LogP contribution in [0.25, 0.3) is 0 Å². The Morgan fingerprint density at radius 3 is 3.18 bits per heavy atom.